The first-order valence-electron chi connectivity index (χ1n) is 3.51. The second-order valence-electron chi connectivity index (χ2n) is 2.16. The number of nitrogens with one attached hydrogen (secondary N) is 1. The predicted molar refractivity (Wildman–Crippen MR) is 42.5 cm³/mol. The summed E-state index contributed by atoms with van der Waals surface area (Å²) >= 11 is 0. The van der Waals surface area contributed by atoms with Gasteiger partial charge < -0.3 is 9.64 Å². The molecule has 0 unspecified atom stereocenters. The van der Waals surface area contributed by atoms with Crippen LogP contribution in [0.2, 0.25) is 0 Å². The first kappa shape index (κ1) is 9.43. The zero-order chi connectivity index (χ0) is 7.98. The Labute approximate surface area is 62.5 Å². The van der Waals surface area contributed by atoms with Gasteiger partial charge in [-0.05, 0) is 13.8 Å². The molecule has 0 aliphatic rings. The van der Waals surface area contributed by atoms with Gasteiger partial charge in [0.05, 0.1) is 12.4 Å². The van der Waals surface area contributed by atoms with Gasteiger partial charge in [-0.15, -0.1) is 0 Å². The molecule has 0 bridgehead atoms. The van der Waals surface area contributed by atoms with Crippen LogP contribution < -0.4 is 0 Å². The van der Waals surface area contributed by atoms with Crippen LogP contribution in [0.25, 0.3) is 0 Å². The summed E-state index contributed by atoms with van der Waals surface area (Å²) in [5.74, 6) is 0.611. The topological polar surface area (TPSA) is 36.3 Å². The number of nitrogens with zero attached hydrogens (tertiary/aromatic N) is 1. The summed E-state index contributed by atoms with van der Waals surface area (Å²) in [5, 5.41) is 7.30. The van der Waals surface area contributed by atoms with E-state index in [0.717, 1.165) is 13.1 Å². The Hall–Kier alpha value is -0.570. The van der Waals surface area contributed by atoms with E-state index in [1.807, 2.05) is 11.8 Å². The van der Waals surface area contributed by atoms with Crippen molar-refractivity contribution in [3.05, 3.63) is 0 Å². The molecule has 0 saturated carbocycles. The lowest BCUT2D eigenvalue weighted by Crippen LogP contribution is -2.31. The quantitative estimate of drug-likeness (QED) is 0.471. The molecule has 0 spiro atoms. The monoisotopic (exact) mass is 144 g/mol. The molecule has 0 aromatic rings. The molecular formula is C7H16N2O. The molecule has 3 nitrogen and oxygen atoms in total. The van der Waals surface area contributed by atoms with E-state index in [1.165, 1.54) is 0 Å². The van der Waals surface area contributed by atoms with Gasteiger partial charge in [0.25, 0.3) is 0 Å². The van der Waals surface area contributed by atoms with Crippen molar-refractivity contribution in [2.45, 2.75) is 13.8 Å². The number of methoxy groups -OCH3 is 1. The third kappa shape index (κ3) is 3.45. The lowest BCUT2D eigenvalue weighted by molar-refractivity contribution is 0.177. The Morgan fingerprint density at radius 2 is 2.20 bits per heavy atom. The van der Waals surface area contributed by atoms with Crippen LogP contribution in [-0.4, -0.2) is 37.5 Å². The minimum absolute atomic E-state index is 0.611. The molecule has 0 aromatic heterocycles. The summed E-state index contributed by atoms with van der Waals surface area (Å²) in [6, 6.07) is 0. The van der Waals surface area contributed by atoms with Gasteiger partial charge in [0.2, 0.25) is 0 Å². The van der Waals surface area contributed by atoms with Crippen LogP contribution >= 0.6 is 0 Å². The Bertz CT molecular complexity index is 104. The highest BCUT2D eigenvalue weighted by molar-refractivity contribution is 5.76. The molecule has 1 N–H and O–H groups in total. The fraction of sp³-hybridized carbons (Fsp3) is 0.857. The van der Waals surface area contributed by atoms with Gasteiger partial charge in [0, 0.05) is 20.2 Å². The van der Waals surface area contributed by atoms with Crippen molar-refractivity contribution >= 4 is 5.84 Å². The summed E-state index contributed by atoms with van der Waals surface area (Å²) in [6.45, 7) is 6.23. The molecule has 60 valence electrons. The van der Waals surface area contributed by atoms with Gasteiger partial charge in [-0.25, -0.2) is 0 Å². The van der Waals surface area contributed by atoms with Crippen LogP contribution in [0.15, 0.2) is 0 Å². The van der Waals surface area contributed by atoms with E-state index in [9.17, 15) is 0 Å². The van der Waals surface area contributed by atoms with Crippen LogP contribution in [0.1, 0.15) is 13.8 Å². The molecule has 0 aromatic carbocycles. The molecule has 0 amide bonds. The van der Waals surface area contributed by atoms with Crippen molar-refractivity contribution < 1.29 is 4.74 Å². The summed E-state index contributed by atoms with van der Waals surface area (Å²) in [5.41, 5.74) is 0. The van der Waals surface area contributed by atoms with Gasteiger partial charge in [0.15, 0.2) is 0 Å². The maximum absolute atomic E-state index is 7.30. The molecule has 0 aliphatic heterocycles. The number of amidine groups is 1. The minimum Gasteiger partial charge on any atom is -0.383 e. The van der Waals surface area contributed by atoms with Crippen molar-refractivity contribution in [2.24, 2.45) is 0 Å². The normalized spacial score (nSPS) is 9.50. The number of ether oxygens (including phenoxy) is 1. The van der Waals surface area contributed by atoms with Crippen molar-refractivity contribution in [3.63, 3.8) is 0 Å². The number of hydrogen-bond acceptors (Lipinski definition) is 2. The average Bonchev–Trinajstić information content (AvgIpc) is 1.89. The van der Waals surface area contributed by atoms with E-state index in [-0.39, 0.29) is 0 Å². The van der Waals surface area contributed by atoms with Crippen LogP contribution in [0, 0.1) is 5.41 Å². The Balaban J connectivity index is 3.50. The number of likely N-dealkylation sites (N-methyl/N-ethyl adjacent to an activating group) is 1. The highest BCUT2D eigenvalue weighted by atomic mass is 16.5. The van der Waals surface area contributed by atoms with Gasteiger partial charge in [-0.3, -0.25) is 5.41 Å². The molecule has 3 heteroatoms. The zero-order valence-corrected chi connectivity index (χ0v) is 6.98. The van der Waals surface area contributed by atoms with E-state index < -0.39 is 0 Å². The van der Waals surface area contributed by atoms with E-state index in [1.54, 1.807) is 14.0 Å². The molecular weight excluding hydrogens is 128 g/mol. The molecule has 10 heavy (non-hydrogen) atoms. The Morgan fingerprint density at radius 1 is 1.60 bits per heavy atom. The van der Waals surface area contributed by atoms with Crippen LogP contribution in [-0.2, 0) is 4.74 Å². The summed E-state index contributed by atoms with van der Waals surface area (Å²) in [4.78, 5) is 1.96. The van der Waals surface area contributed by atoms with Crippen molar-refractivity contribution in [1.29, 1.82) is 5.41 Å². The molecule has 0 heterocycles. The second-order valence-corrected chi connectivity index (χ2v) is 2.16. The molecule has 0 radical (unpaired) electrons. The predicted octanol–water partition coefficient (Wildman–Crippen LogP) is 0.952. The molecule has 0 saturated heterocycles. The summed E-state index contributed by atoms with van der Waals surface area (Å²) < 4.78 is 4.89. The highest BCUT2D eigenvalue weighted by Crippen LogP contribution is 1.87. The fourth-order valence-electron chi connectivity index (χ4n) is 0.764. The van der Waals surface area contributed by atoms with E-state index >= 15 is 0 Å². The third-order valence-electron chi connectivity index (χ3n) is 1.42. The maximum atomic E-state index is 7.30. The van der Waals surface area contributed by atoms with Crippen LogP contribution in [0.5, 0.6) is 0 Å². The van der Waals surface area contributed by atoms with Gasteiger partial charge in [0.1, 0.15) is 0 Å². The fourth-order valence-corrected chi connectivity index (χ4v) is 0.764. The lowest BCUT2D eigenvalue weighted by Gasteiger charge is -2.20. The van der Waals surface area contributed by atoms with Crippen LogP contribution in [0.4, 0.5) is 0 Å². The Morgan fingerprint density at radius 3 is 2.50 bits per heavy atom. The number of hydrogen-bond donors (Lipinski definition) is 1. The SMILES string of the molecule is CCN(CCOC)C(C)=N. The lowest BCUT2D eigenvalue weighted by atomic mass is 10.4. The summed E-state index contributed by atoms with van der Waals surface area (Å²) in [6.07, 6.45) is 0. The second kappa shape index (κ2) is 5.23. The van der Waals surface area contributed by atoms with Crippen molar-refractivity contribution in [2.75, 3.05) is 26.8 Å². The van der Waals surface area contributed by atoms with Gasteiger partial charge in [-0.1, -0.05) is 0 Å². The van der Waals surface area contributed by atoms with E-state index in [2.05, 4.69) is 0 Å². The average molecular weight is 144 g/mol. The Kier molecular flexibility index (Phi) is 4.94. The van der Waals surface area contributed by atoms with E-state index in [0.29, 0.717) is 12.4 Å². The minimum atomic E-state index is 0.611. The zero-order valence-electron chi connectivity index (χ0n) is 6.98. The third-order valence-corrected chi connectivity index (χ3v) is 1.42. The van der Waals surface area contributed by atoms with Crippen molar-refractivity contribution in [3.8, 4) is 0 Å². The van der Waals surface area contributed by atoms with Gasteiger partial charge >= 0.3 is 0 Å². The van der Waals surface area contributed by atoms with Crippen LogP contribution in [0.3, 0.4) is 0 Å². The highest BCUT2D eigenvalue weighted by Gasteiger charge is 1.99. The standard InChI is InChI=1S/C7H16N2O/c1-4-9(7(2)8)5-6-10-3/h8H,4-6H2,1-3H3. The first-order chi connectivity index (χ1) is 4.72. The number of rotatable bonds is 4. The smallest absolute Gasteiger partial charge is 0.0926 e. The van der Waals surface area contributed by atoms with Gasteiger partial charge in [-0.2, -0.15) is 0 Å². The molecule has 0 rings (SSSR count). The maximum Gasteiger partial charge on any atom is 0.0926 e. The first-order valence-corrected chi connectivity index (χ1v) is 3.51. The molecule has 0 fully saturated rings. The molecule has 0 atom stereocenters. The van der Waals surface area contributed by atoms with Crippen molar-refractivity contribution in [1.82, 2.24) is 4.90 Å². The largest absolute Gasteiger partial charge is 0.383 e. The van der Waals surface area contributed by atoms with E-state index in [4.69, 9.17) is 10.1 Å². The summed E-state index contributed by atoms with van der Waals surface area (Å²) in [7, 11) is 1.67. The molecule has 0 aliphatic carbocycles.